The topological polar surface area (TPSA) is 26.3 Å². The van der Waals surface area contributed by atoms with E-state index < -0.39 is 0 Å². The van der Waals surface area contributed by atoms with Crippen molar-refractivity contribution in [2.75, 3.05) is 6.26 Å². The van der Waals surface area contributed by atoms with Gasteiger partial charge in [-0.15, -0.1) is 11.8 Å². The molecule has 1 aliphatic rings. The Balaban J connectivity index is 2.15. The van der Waals surface area contributed by atoms with Gasteiger partial charge in [-0.3, -0.25) is 4.79 Å². The summed E-state index contributed by atoms with van der Waals surface area (Å²) < 4.78 is 5.40. The molecule has 1 aromatic rings. The molecule has 1 heterocycles. The zero-order valence-corrected chi connectivity index (χ0v) is 9.29. The molecular weight excluding hydrogens is 208 g/mol. The van der Waals surface area contributed by atoms with Gasteiger partial charge in [0.05, 0.1) is 12.7 Å². The monoisotopic (exact) mass is 220 g/mol. The van der Waals surface area contributed by atoms with Crippen molar-refractivity contribution in [2.24, 2.45) is 0 Å². The Hall–Kier alpha value is -1.22. The quantitative estimate of drug-likeness (QED) is 0.717. The summed E-state index contributed by atoms with van der Waals surface area (Å²) in [5, 5.41) is 0. The van der Waals surface area contributed by atoms with Gasteiger partial charge in [0.25, 0.3) is 0 Å². The Labute approximate surface area is 93.3 Å². The molecule has 0 N–H and O–H groups in total. The first-order valence-electron chi connectivity index (χ1n) is 4.78. The van der Waals surface area contributed by atoms with Crippen LogP contribution in [0.15, 0.2) is 41.5 Å². The third-order valence-electron chi connectivity index (χ3n) is 2.37. The zero-order valence-electron chi connectivity index (χ0n) is 8.47. The van der Waals surface area contributed by atoms with Crippen LogP contribution in [-0.4, -0.2) is 12.0 Å². The number of rotatable bonds is 2. The van der Waals surface area contributed by atoms with Gasteiger partial charge < -0.3 is 4.74 Å². The molecular formula is C12H12O2S. The number of thioether (sulfide) groups is 1. The third kappa shape index (κ3) is 2.42. The van der Waals surface area contributed by atoms with Gasteiger partial charge in [0, 0.05) is 11.0 Å². The van der Waals surface area contributed by atoms with Crippen molar-refractivity contribution in [2.45, 2.75) is 17.4 Å². The first-order chi connectivity index (χ1) is 7.29. The average Bonchev–Trinajstić information content (AvgIpc) is 2.29. The van der Waals surface area contributed by atoms with Gasteiger partial charge in [-0.1, -0.05) is 12.1 Å². The second-order valence-corrected chi connectivity index (χ2v) is 4.25. The number of ketones is 1. The number of carbonyl (C=O) groups is 1. The predicted molar refractivity (Wildman–Crippen MR) is 60.8 cm³/mol. The van der Waals surface area contributed by atoms with Crippen LogP contribution in [0.2, 0.25) is 0 Å². The molecule has 0 bridgehead atoms. The molecule has 1 aromatic carbocycles. The molecule has 3 heteroatoms. The third-order valence-corrected chi connectivity index (χ3v) is 3.11. The molecule has 0 aliphatic carbocycles. The van der Waals surface area contributed by atoms with Gasteiger partial charge in [0.1, 0.15) is 6.10 Å². The van der Waals surface area contributed by atoms with Gasteiger partial charge in [-0.2, -0.15) is 0 Å². The minimum atomic E-state index is -0.113. The molecule has 2 rings (SSSR count). The van der Waals surface area contributed by atoms with E-state index in [2.05, 4.69) is 0 Å². The van der Waals surface area contributed by atoms with Crippen molar-refractivity contribution in [3.05, 3.63) is 42.2 Å². The summed E-state index contributed by atoms with van der Waals surface area (Å²) in [7, 11) is 0. The molecule has 0 aromatic heterocycles. The van der Waals surface area contributed by atoms with Gasteiger partial charge in [0.15, 0.2) is 5.78 Å². The number of hydrogen-bond donors (Lipinski definition) is 0. The highest BCUT2D eigenvalue weighted by atomic mass is 32.2. The number of allylic oxidation sites excluding steroid dienone is 1. The molecule has 0 saturated heterocycles. The molecule has 0 saturated carbocycles. The van der Waals surface area contributed by atoms with Crippen LogP contribution < -0.4 is 0 Å². The molecule has 0 radical (unpaired) electrons. The SMILES string of the molecule is CSc1ccc(C2CC(=O)C=CO2)cc1. The van der Waals surface area contributed by atoms with E-state index >= 15 is 0 Å². The van der Waals surface area contributed by atoms with Crippen molar-refractivity contribution >= 4 is 17.5 Å². The van der Waals surface area contributed by atoms with E-state index in [1.165, 1.54) is 17.2 Å². The maximum Gasteiger partial charge on any atom is 0.162 e. The summed E-state index contributed by atoms with van der Waals surface area (Å²) in [5.74, 6) is 0.125. The number of ether oxygens (including phenoxy) is 1. The van der Waals surface area contributed by atoms with Crippen LogP contribution in [-0.2, 0) is 9.53 Å². The van der Waals surface area contributed by atoms with E-state index in [-0.39, 0.29) is 11.9 Å². The Morgan fingerprint density at radius 1 is 1.33 bits per heavy atom. The van der Waals surface area contributed by atoms with Gasteiger partial charge in [-0.25, -0.2) is 0 Å². The van der Waals surface area contributed by atoms with Crippen molar-refractivity contribution in [1.82, 2.24) is 0 Å². The molecule has 0 amide bonds. The highest BCUT2D eigenvalue weighted by molar-refractivity contribution is 7.98. The second kappa shape index (κ2) is 4.53. The lowest BCUT2D eigenvalue weighted by atomic mass is 10.0. The smallest absolute Gasteiger partial charge is 0.162 e. The predicted octanol–water partition coefficient (Wildman–Crippen LogP) is 2.95. The van der Waals surface area contributed by atoms with Crippen molar-refractivity contribution in [1.29, 1.82) is 0 Å². The first-order valence-corrected chi connectivity index (χ1v) is 6.01. The van der Waals surface area contributed by atoms with Crippen LogP contribution in [0.3, 0.4) is 0 Å². The number of benzene rings is 1. The summed E-state index contributed by atoms with van der Waals surface area (Å²) in [6.07, 6.45) is 5.33. The molecule has 0 fully saturated rings. The van der Waals surface area contributed by atoms with Crippen LogP contribution in [0.4, 0.5) is 0 Å². The second-order valence-electron chi connectivity index (χ2n) is 3.37. The summed E-state index contributed by atoms with van der Waals surface area (Å²) in [6.45, 7) is 0. The minimum Gasteiger partial charge on any atom is -0.493 e. The Morgan fingerprint density at radius 2 is 2.07 bits per heavy atom. The normalized spacial score (nSPS) is 20.1. The number of hydrogen-bond acceptors (Lipinski definition) is 3. The maximum absolute atomic E-state index is 11.2. The van der Waals surface area contributed by atoms with Crippen LogP contribution in [0, 0.1) is 0 Å². The average molecular weight is 220 g/mol. The molecule has 1 atom stereocenters. The van der Waals surface area contributed by atoms with Gasteiger partial charge in [-0.05, 0) is 24.0 Å². The van der Waals surface area contributed by atoms with Crippen molar-refractivity contribution < 1.29 is 9.53 Å². The zero-order chi connectivity index (χ0) is 10.7. The molecule has 78 valence electrons. The lowest BCUT2D eigenvalue weighted by Crippen LogP contribution is -2.10. The van der Waals surface area contributed by atoms with E-state index in [1.807, 2.05) is 30.5 Å². The van der Waals surface area contributed by atoms with Gasteiger partial charge >= 0.3 is 0 Å². The highest BCUT2D eigenvalue weighted by Gasteiger charge is 2.18. The molecule has 1 aliphatic heterocycles. The molecule has 2 nitrogen and oxygen atoms in total. The summed E-state index contributed by atoms with van der Waals surface area (Å²) in [5.41, 5.74) is 1.06. The fraction of sp³-hybridized carbons (Fsp3) is 0.250. The summed E-state index contributed by atoms with van der Waals surface area (Å²) >= 11 is 1.70. The highest BCUT2D eigenvalue weighted by Crippen LogP contribution is 2.26. The van der Waals surface area contributed by atoms with E-state index in [9.17, 15) is 4.79 Å². The minimum absolute atomic E-state index is 0.113. The Morgan fingerprint density at radius 3 is 2.67 bits per heavy atom. The first kappa shape index (κ1) is 10.3. The Bertz CT molecular complexity index is 381. The van der Waals surface area contributed by atoms with Crippen LogP contribution >= 0.6 is 11.8 Å². The fourth-order valence-electron chi connectivity index (χ4n) is 1.52. The van der Waals surface area contributed by atoms with Crippen molar-refractivity contribution in [3.63, 3.8) is 0 Å². The van der Waals surface area contributed by atoms with Crippen molar-refractivity contribution in [3.8, 4) is 0 Å². The summed E-state index contributed by atoms with van der Waals surface area (Å²) in [6, 6.07) is 8.13. The number of carbonyl (C=O) groups excluding carboxylic acids is 1. The maximum atomic E-state index is 11.2. The largest absolute Gasteiger partial charge is 0.493 e. The van der Waals surface area contributed by atoms with E-state index in [0.717, 1.165) is 5.56 Å². The van der Waals surface area contributed by atoms with Crippen LogP contribution in [0.1, 0.15) is 18.1 Å². The lowest BCUT2D eigenvalue weighted by molar-refractivity contribution is -0.118. The molecule has 1 unspecified atom stereocenters. The van der Waals surface area contributed by atoms with Gasteiger partial charge in [0.2, 0.25) is 0 Å². The molecule has 15 heavy (non-hydrogen) atoms. The fourth-order valence-corrected chi connectivity index (χ4v) is 1.93. The van der Waals surface area contributed by atoms with E-state index in [0.29, 0.717) is 6.42 Å². The van der Waals surface area contributed by atoms with Crippen LogP contribution in [0.5, 0.6) is 0 Å². The van der Waals surface area contributed by atoms with E-state index in [1.54, 1.807) is 11.8 Å². The Kier molecular flexibility index (Phi) is 3.11. The lowest BCUT2D eigenvalue weighted by Gasteiger charge is -2.18. The summed E-state index contributed by atoms with van der Waals surface area (Å²) in [4.78, 5) is 12.4. The van der Waals surface area contributed by atoms with Crippen LogP contribution in [0.25, 0.3) is 0 Å². The van der Waals surface area contributed by atoms with E-state index in [4.69, 9.17) is 4.74 Å². The molecule has 0 spiro atoms. The standard InChI is InChI=1S/C12H12O2S/c1-15-11-4-2-9(3-5-11)12-8-10(13)6-7-14-12/h2-7,12H,8H2,1H3.